The molecule has 1 N–H and O–H groups in total. The number of rotatable bonds is 2. The highest BCUT2D eigenvalue weighted by molar-refractivity contribution is 5.59. The molecule has 17 heavy (non-hydrogen) atoms. The molecule has 3 rings (SSSR count). The molecule has 2 aromatic rings. The molecule has 1 aliphatic heterocycles. The minimum absolute atomic E-state index is 0.283. The zero-order valence-corrected chi connectivity index (χ0v) is 9.60. The summed E-state index contributed by atoms with van der Waals surface area (Å²) in [5.74, 6) is 0.796. The highest BCUT2D eigenvalue weighted by atomic mass is 16.5. The third-order valence-corrected chi connectivity index (χ3v) is 3.19. The van der Waals surface area contributed by atoms with E-state index in [1.54, 1.807) is 0 Å². The third kappa shape index (κ3) is 2.08. The first-order chi connectivity index (χ1) is 8.45. The summed E-state index contributed by atoms with van der Waals surface area (Å²) in [4.78, 5) is 0. The van der Waals surface area contributed by atoms with Crippen molar-refractivity contribution in [3.63, 3.8) is 0 Å². The van der Waals surface area contributed by atoms with E-state index in [1.807, 2.05) is 30.3 Å². The number of nitrogens with one attached hydrogen (secondary N) is 1. The quantitative estimate of drug-likeness (QED) is 0.859. The maximum absolute atomic E-state index is 5.30. The van der Waals surface area contributed by atoms with Gasteiger partial charge in [-0.3, -0.25) is 0 Å². The van der Waals surface area contributed by atoms with Crippen LogP contribution in [0, 0.1) is 0 Å². The van der Waals surface area contributed by atoms with Crippen LogP contribution in [0.25, 0.3) is 11.3 Å². The molecule has 1 saturated heterocycles. The average Bonchev–Trinajstić information content (AvgIpc) is 2.90. The van der Waals surface area contributed by atoms with Gasteiger partial charge in [0.15, 0.2) is 5.76 Å². The van der Waals surface area contributed by atoms with Gasteiger partial charge >= 0.3 is 0 Å². The highest BCUT2D eigenvalue weighted by Gasteiger charge is 2.23. The van der Waals surface area contributed by atoms with Crippen molar-refractivity contribution in [2.24, 2.45) is 0 Å². The summed E-state index contributed by atoms with van der Waals surface area (Å²) in [5.41, 5.74) is 1.98. The molecule has 1 fully saturated rings. The maximum Gasteiger partial charge on any atom is 0.192 e. The number of nitrogens with zero attached hydrogens (tertiary/aromatic N) is 2. The van der Waals surface area contributed by atoms with Gasteiger partial charge in [-0.1, -0.05) is 36.8 Å². The molecule has 1 unspecified atom stereocenters. The lowest BCUT2D eigenvalue weighted by molar-refractivity contribution is 0.403. The Labute approximate surface area is 100 Å². The second-order valence-electron chi connectivity index (χ2n) is 4.36. The Morgan fingerprint density at radius 1 is 1.18 bits per heavy atom. The second-order valence-corrected chi connectivity index (χ2v) is 4.36. The van der Waals surface area contributed by atoms with Crippen molar-refractivity contribution in [1.82, 2.24) is 15.7 Å². The van der Waals surface area contributed by atoms with Gasteiger partial charge in [-0.25, -0.2) is 0 Å². The fraction of sp³-hybridized carbons (Fsp3) is 0.385. The summed E-state index contributed by atoms with van der Waals surface area (Å²) >= 11 is 0. The first-order valence-electron chi connectivity index (χ1n) is 6.06. The van der Waals surface area contributed by atoms with E-state index >= 15 is 0 Å². The molecule has 4 nitrogen and oxygen atoms in total. The second kappa shape index (κ2) is 4.67. The van der Waals surface area contributed by atoms with Gasteiger partial charge in [0.2, 0.25) is 0 Å². The molecule has 0 bridgehead atoms. The molecule has 1 atom stereocenters. The molecular formula is C13H15N3O. The lowest BCUT2D eigenvalue weighted by Crippen LogP contribution is -2.27. The summed E-state index contributed by atoms with van der Waals surface area (Å²) in [6.07, 6.45) is 3.58. The molecule has 0 radical (unpaired) electrons. The zero-order chi connectivity index (χ0) is 11.5. The van der Waals surface area contributed by atoms with Gasteiger partial charge in [0.25, 0.3) is 0 Å². The Balaban J connectivity index is 1.93. The Morgan fingerprint density at radius 2 is 2.06 bits per heavy atom. The standard InChI is InChI=1S/C13H15N3O/c1-2-6-10(7-3-1)13-12(15-16-17-13)11-8-4-5-9-14-11/h1-3,6-7,11,14H,4-5,8-9H2. The molecule has 2 heterocycles. The SMILES string of the molecule is c1ccc(-c2onnc2C2CCCCN2)cc1. The molecule has 0 amide bonds. The van der Waals surface area contributed by atoms with E-state index in [-0.39, 0.29) is 6.04 Å². The van der Waals surface area contributed by atoms with E-state index in [1.165, 1.54) is 12.8 Å². The van der Waals surface area contributed by atoms with Crippen LogP contribution in [0.3, 0.4) is 0 Å². The van der Waals surface area contributed by atoms with E-state index < -0.39 is 0 Å². The Hall–Kier alpha value is -1.68. The van der Waals surface area contributed by atoms with Crippen LogP contribution < -0.4 is 5.32 Å². The summed E-state index contributed by atoms with van der Waals surface area (Å²) in [7, 11) is 0. The zero-order valence-electron chi connectivity index (χ0n) is 9.60. The van der Waals surface area contributed by atoms with E-state index in [4.69, 9.17) is 4.52 Å². The topological polar surface area (TPSA) is 51.0 Å². The summed E-state index contributed by atoms with van der Waals surface area (Å²) in [5, 5.41) is 11.3. The lowest BCUT2D eigenvalue weighted by atomic mass is 9.99. The number of hydrogen-bond donors (Lipinski definition) is 1. The fourth-order valence-electron chi connectivity index (χ4n) is 2.30. The summed E-state index contributed by atoms with van der Waals surface area (Å²) in [6, 6.07) is 10.3. The highest BCUT2D eigenvalue weighted by Crippen LogP contribution is 2.30. The van der Waals surface area contributed by atoms with Crippen molar-refractivity contribution < 1.29 is 4.52 Å². The van der Waals surface area contributed by atoms with Crippen LogP contribution in [0.5, 0.6) is 0 Å². The van der Waals surface area contributed by atoms with Crippen LogP contribution in [0.1, 0.15) is 31.0 Å². The largest absolute Gasteiger partial charge is 0.337 e. The van der Waals surface area contributed by atoms with Crippen molar-refractivity contribution in [1.29, 1.82) is 0 Å². The van der Waals surface area contributed by atoms with E-state index in [2.05, 4.69) is 15.7 Å². The molecule has 0 aliphatic carbocycles. The fourth-order valence-corrected chi connectivity index (χ4v) is 2.30. The van der Waals surface area contributed by atoms with Crippen molar-refractivity contribution >= 4 is 0 Å². The Kier molecular flexibility index (Phi) is 2.88. The predicted octanol–water partition coefficient (Wildman–Crippen LogP) is 2.55. The van der Waals surface area contributed by atoms with Crippen LogP contribution in [0.2, 0.25) is 0 Å². The van der Waals surface area contributed by atoms with Crippen molar-refractivity contribution in [3.8, 4) is 11.3 Å². The molecule has 88 valence electrons. The van der Waals surface area contributed by atoms with E-state index in [0.29, 0.717) is 0 Å². The average molecular weight is 229 g/mol. The number of piperidine rings is 1. The molecular weight excluding hydrogens is 214 g/mol. The van der Waals surface area contributed by atoms with Crippen LogP contribution in [-0.2, 0) is 0 Å². The number of benzene rings is 1. The Morgan fingerprint density at radius 3 is 2.82 bits per heavy atom. The first kappa shape index (κ1) is 10.5. The van der Waals surface area contributed by atoms with Crippen molar-refractivity contribution in [2.45, 2.75) is 25.3 Å². The first-order valence-corrected chi connectivity index (χ1v) is 6.06. The van der Waals surface area contributed by atoms with Gasteiger partial charge in [-0.15, -0.1) is 5.10 Å². The van der Waals surface area contributed by atoms with Crippen LogP contribution in [0.4, 0.5) is 0 Å². The molecule has 0 spiro atoms. The van der Waals surface area contributed by atoms with Crippen LogP contribution in [0.15, 0.2) is 34.9 Å². The number of hydrogen-bond acceptors (Lipinski definition) is 4. The van der Waals surface area contributed by atoms with E-state index in [0.717, 1.165) is 30.0 Å². The Bertz CT molecular complexity index is 474. The third-order valence-electron chi connectivity index (χ3n) is 3.19. The molecule has 4 heteroatoms. The van der Waals surface area contributed by atoms with Gasteiger partial charge in [0, 0.05) is 10.8 Å². The van der Waals surface area contributed by atoms with Crippen LogP contribution in [-0.4, -0.2) is 16.9 Å². The van der Waals surface area contributed by atoms with Gasteiger partial charge < -0.3 is 9.84 Å². The minimum atomic E-state index is 0.283. The summed E-state index contributed by atoms with van der Waals surface area (Å²) < 4.78 is 5.30. The van der Waals surface area contributed by atoms with Crippen LogP contribution >= 0.6 is 0 Å². The molecule has 0 saturated carbocycles. The van der Waals surface area contributed by atoms with Gasteiger partial charge in [-0.05, 0) is 19.4 Å². The molecule has 1 aromatic carbocycles. The minimum Gasteiger partial charge on any atom is -0.337 e. The number of aromatic nitrogens is 2. The lowest BCUT2D eigenvalue weighted by Gasteiger charge is -2.21. The molecule has 1 aliphatic rings. The predicted molar refractivity (Wildman–Crippen MR) is 64.3 cm³/mol. The smallest absolute Gasteiger partial charge is 0.192 e. The summed E-state index contributed by atoms with van der Waals surface area (Å²) in [6.45, 7) is 1.05. The van der Waals surface area contributed by atoms with Gasteiger partial charge in [0.05, 0.1) is 6.04 Å². The van der Waals surface area contributed by atoms with Crippen molar-refractivity contribution in [2.75, 3.05) is 6.54 Å². The van der Waals surface area contributed by atoms with E-state index in [9.17, 15) is 0 Å². The normalized spacial score (nSPS) is 20.4. The maximum atomic E-state index is 5.30. The molecule has 1 aromatic heterocycles. The monoisotopic (exact) mass is 229 g/mol. The van der Waals surface area contributed by atoms with Gasteiger partial charge in [0.1, 0.15) is 5.69 Å². The van der Waals surface area contributed by atoms with Gasteiger partial charge in [-0.2, -0.15) is 0 Å². The van der Waals surface area contributed by atoms with Crippen molar-refractivity contribution in [3.05, 3.63) is 36.0 Å².